The third-order valence-electron chi connectivity index (χ3n) is 2.49. The second-order valence-electron chi connectivity index (χ2n) is 3.89. The van der Waals surface area contributed by atoms with Gasteiger partial charge in [-0.1, -0.05) is 0 Å². The molecule has 78 valence electrons. The lowest BCUT2D eigenvalue weighted by atomic mass is 10.2. The van der Waals surface area contributed by atoms with Crippen LogP contribution in [0.5, 0.6) is 5.75 Å². The van der Waals surface area contributed by atoms with Gasteiger partial charge in [0.15, 0.2) is 6.29 Å². The minimum absolute atomic E-state index is 0.199. The monoisotopic (exact) mass is 203 g/mol. The maximum atomic E-state index is 10.9. The van der Waals surface area contributed by atoms with Crippen LogP contribution < -0.4 is 0 Å². The van der Waals surface area contributed by atoms with Crippen LogP contribution in [0.4, 0.5) is 0 Å². The lowest BCUT2D eigenvalue weighted by molar-refractivity contribution is 0.111. The van der Waals surface area contributed by atoms with Gasteiger partial charge in [-0.15, -0.1) is 0 Å². The highest BCUT2D eigenvalue weighted by molar-refractivity contribution is 5.89. The Kier molecular flexibility index (Phi) is 2.23. The van der Waals surface area contributed by atoms with Crippen molar-refractivity contribution >= 4 is 17.2 Å². The van der Waals surface area contributed by atoms with E-state index < -0.39 is 0 Å². The van der Waals surface area contributed by atoms with Gasteiger partial charge in [0.25, 0.3) is 0 Å². The van der Waals surface area contributed by atoms with Crippen molar-refractivity contribution in [1.82, 2.24) is 4.57 Å². The minimum Gasteiger partial charge on any atom is -0.508 e. The van der Waals surface area contributed by atoms with Crippen molar-refractivity contribution in [2.75, 3.05) is 0 Å². The third kappa shape index (κ3) is 1.50. The zero-order valence-corrected chi connectivity index (χ0v) is 8.77. The van der Waals surface area contributed by atoms with Crippen molar-refractivity contribution in [3.8, 4) is 5.75 Å². The molecule has 2 rings (SSSR count). The fraction of sp³-hybridized carbons (Fsp3) is 0.250. The van der Waals surface area contributed by atoms with Gasteiger partial charge in [0, 0.05) is 17.5 Å². The molecule has 15 heavy (non-hydrogen) atoms. The summed E-state index contributed by atoms with van der Waals surface area (Å²) in [5.41, 5.74) is 1.54. The highest BCUT2D eigenvalue weighted by Gasteiger charge is 2.10. The van der Waals surface area contributed by atoms with E-state index in [-0.39, 0.29) is 11.8 Å². The van der Waals surface area contributed by atoms with Gasteiger partial charge >= 0.3 is 0 Å². The molecule has 1 N–H and O–H groups in total. The number of phenols is 1. The molecule has 0 fully saturated rings. The number of benzene rings is 1. The van der Waals surface area contributed by atoms with Crippen LogP contribution in [0.2, 0.25) is 0 Å². The topological polar surface area (TPSA) is 42.2 Å². The van der Waals surface area contributed by atoms with Gasteiger partial charge in [0.1, 0.15) is 5.75 Å². The summed E-state index contributed by atoms with van der Waals surface area (Å²) >= 11 is 0. The molecule has 0 atom stereocenters. The molecular weight excluding hydrogens is 190 g/mol. The van der Waals surface area contributed by atoms with Gasteiger partial charge in [-0.05, 0) is 32.0 Å². The number of nitrogens with zero attached hydrogens (tertiary/aromatic N) is 1. The quantitative estimate of drug-likeness (QED) is 0.762. The number of carbonyl (C=O) groups excluding carboxylic acids is 1. The van der Waals surface area contributed by atoms with Crippen LogP contribution in [0.3, 0.4) is 0 Å². The molecule has 2 aromatic rings. The molecule has 0 saturated heterocycles. The van der Waals surface area contributed by atoms with Crippen molar-refractivity contribution < 1.29 is 9.90 Å². The predicted octanol–water partition coefficient (Wildman–Crippen LogP) is 2.74. The van der Waals surface area contributed by atoms with Crippen molar-refractivity contribution in [2.45, 2.75) is 19.9 Å². The number of phenolic OH excluding ortho intramolecular Hbond substituents is 1. The van der Waals surface area contributed by atoms with Crippen molar-refractivity contribution in [2.24, 2.45) is 0 Å². The van der Waals surface area contributed by atoms with Crippen LogP contribution in [0, 0.1) is 0 Å². The molecule has 1 heterocycles. The Morgan fingerprint density at radius 1 is 1.33 bits per heavy atom. The first kappa shape index (κ1) is 9.77. The number of hydrogen-bond donors (Lipinski definition) is 1. The van der Waals surface area contributed by atoms with E-state index in [1.165, 1.54) is 0 Å². The standard InChI is InChI=1S/C12H13NO2/c1-8(2)13-10(7-14)5-9-3-4-11(15)6-12(9)13/h3-8,15H,1-2H3. The first-order valence-corrected chi connectivity index (χ1v) is 4.92. The summed E-state index contributed by atoms with van der Waals surface area (Å²) in [6.45, 7) is 4.02. The Balaban J connectivity index is 2.82. The molecule has 1 aromatic carbocycles. The molecule has 0 aliphatic rings. The van der Waals surface area contributed by atoms with Crippen molar-refractivity contribution in [3.05, 3.63) is 30.0 Å². The number of aromatic nitrogens is 1. The summed E-state index contributed by atoms with van der Waals surface area (Å²) < 4.78 is 1.92. The minimum atomic E-state index is 0.199. The molecule has 1 aromatic heterocycles. The van der Waals surface area contributed by atoms with E-state index in [0.29, 0.717) is 5.69 Å². The maximum absolute atomic E-state index is 10.9. The zero-order valence-electron chi connectivity index (χ0n) is 8.77. The van der Waals surface area contributed by atoms with Gasteiger partial charge in [0.05, 0.1) is 11.2 Å². The number of fused-ring (bicyclic) bond motifs is 1. The highest BCUT2D eigenvalue weighted by Crippen LogP contribution is 2.26. The molecule has 0 spiro atoms. The van der Waals surface area contributed by atoms with Crippen LogP contribution in [0.1, 0.15) is 30.4 Å². The van der Waals surface area contributed by atoms with E-state index in [4.69, 9.17) is 0 Å². The smallest absolute Gasteiger partial charge is 0.166 e. The predicted molar refractivity (Wildman–Crippen MR) is 59.4 cm³/mol. The second kappa shape index (κ2) is 3.42. The number of aldehydes is 1. The van der Waals surface area contributed by atoms with E-state index in [1.807, 2.05) is 30.5 Å². The maximum Gasteiger partial charge on any atom is 0.166 e. The van der Waals surface area contributed by atoms with E-state index in [1.54, 1.807) is 12.1 Å². The summed E-state index contributed by atoms with van der Waals surface area (Å²) in [6.07, 6.45) is 0.844. The fourth-order valence-electron chi connectivity index (χ4n) is 1.90. The molecule has 0 amide bonds. The summed E-state index contributed by atoms with van der Waals surface area (Å²) in [7, 11) is 0. The molecule has 3 heteroatoms. The van der Waals surface area contributed by atoms with Gasteiger partial charge in [-0.25, -0.2) is 0 Å². The molecule has 0 aliphatic heterocycles. The lowest BCUT2D eigenvalue weighted by Gasteiger charge is -2.11. The number of aromatic hydroxyl groups is 1. The summed E-state index contributed by atoms with van der Waals surface area (Å²) in [4.78, 5) is 10.9. The van der Waals surface area contributed by atoms with Gasteiger partial charge in [0.2, 0.25) is 0 Å². The number of carbonyl (C=O) groups is 1. The van der Waals surface area contributed by atoms with E-state index in [9.17, 15) is 9.90 Å². The van der Waals surface area contributed by atoms with Gasteiger partial charge in [-0.2, -0.15) is 0 Å². The Hall–Kier alpha value is -1.77. The second-order valence-corrected chi connectivity index (χ2v) is 3.89. The third-order valence-corrected chi connectivity index (χ3v) is 2.49. The Morgan fingerprint density at radius 3 is 2.67 bits per heavy atom. The molecule has 0 aliphatic carbocycles. The highest BCUT2D eigenvalue weighted by atomic mass is 16.3. The first-order chi connectivity index (χ1) is 7.13. The fourth-order valence-corrected chi connectivity index (χ4v) is 1.90. The molecule has 3 nitrogen and oxygen atoms in total. The summed E-state index contributed by atoms with van der Waals surface area (Å²) in [6, 6.07) is 7.16. The molecule has 0 unspecified atom stereocenters. The van der Waals surface area contributed by atoms with Gasteiger partial charge in [-0.3, -0.25) is 4.79 Å². The Morgan fingerprint density at radius 2 is 2.07 bits per heavy atom. The van der Waals surface area contributed by atoms with E-state index >= 15 is 0 Å². The number of rotatable bonds is 2. The van der Waals surface area contributed by atoms with Crippen LogP contribution in [0.25, 0.3) is 10.9 Å². The molecular formula is C12H13NO2. The average molecular weight is 203 g/mol. The van der Waals surface area contributed by atoms with Crippen LogP contribution in [-0.2, 0) is 0 Å². The summed E-state index contributed by atoms with van der Waals surface area (Å²) in [5, 5.41) is 10.4. The van der Waals surface area contributed by atoms with Crippen molar-refractivity contribution in [3.63, 3.8) is 0 Å². The zero-order chi connectivity index (χ0) is 11.0. The average Bonchev–Trinajstić information content (AvgIpc) is 2.55. The number of hydrogen-bond acceptors (Lipinski definition) is 2. The first-order valence-electron chi connectivity index (χ1n) is 4.92. The van der Waals surface area contributed by atoms with Gasteiger partial charge < -0.3 is 9.67 Å². The van der Waals surface area contributed by atoms with Crippen LogP contribution in [-0.4, -0.2) is 16.0 Å². The van der Waals surface area contributed by atoms with Crippen LogP contribution in [0.15, 0.2) is 24.3 Å². The molecule has 0 bridgehead atoms. The largest absolute Gasteiger partial charge is 0.508 e. The van der Waals surface area contributed by atoms with Crippen molar-refractivity contribution in [1.29, 1.82) is 0 Å². The molecule has 0 saturated carbocycles. The SMILES string of the molecule is CC(C)n1c(C=O)cc2ccc(O)cc21. The van der Waals surface area contributed by atoms with Crippen LogP contribution >= 0.6 is 0 Å². The van der Waals surface area contributed by atoms with E-state index in [0.717, 1.165) is 17.2 Å². The normalized spacial score (nSPS) is 11.1. The van der Waals surface area contributed by atoms with E-state index in [2.05, 4.69) is 0 Å². The molecule has 0 radical (unpaired) electrons. The summed E-state index contributed by atoms with van der Waals surface area (Å²) in [5.74, 6) is 0.222. The Bertz CT molecular complexity index is 512. The Labute approximate surface area is 87.9 Å². The lowest BCUT2D eigenvalue weighted by Crippen LogP contribution is -2.04.